The molecular formula is C29H32F2N6O3. The van der Waals surface area contributed by atoms with E-state index >= 15 is 0 Å². The van der Waals surface area contributed by atoms with Crippen LogP contribution in [0, 0.1) is 23.0 Å². The van der Waals surface area contributed by atoms with Gasteiger partial charge in [0.2, 0.25) is 5.91 Å². The molecule has 5 amide bonds. The number of primary amides is 1. The number of amides is 5. The van der Waals surface area contributed by atoms with E-state index in [4.69, 9.17) is 5.73 Å². The summed E-state index contributed by atoms with van der Waals surface area (Å²) < 4.78 is 28.4. The molecule has 4 rings (SSSR count). The van der Waals surface area contributed by atoms with Crippen LogP contribution in [0.3, 0.4) is 0 Å². The molecule has 5 N–H and O–H groups in total. The molecule has 0 saturated heterocycles. The molecule has 1 saturated carbocycles. The molecule has 0 spiro atoms. The van der Waals surface area contributed by atoms with Crippen LogP contribution >= 0.6 is 0 Å². The third-order valence-electron chi connectivity index (χ3n) is 7.64. The molecule has 2 aromatic carbocycles. The van der Waals surface area contributed by atoms with Crippen LogP contribution in [0.2, 0.25) is 0 Å². The first-order valence-electron chi connectivity index (χ1n) is 13.3. The lowest BCUT2D eigenvalue weighted by atomic mass is 9.69. The first-order chi connectivity index (χ1) is 19.2. The van der Waals surface area contributed by atoms with Crippen molar-refractivity contribution in [2.75, 3.05) is 13.1 Å². The monoisotopic (exact) mass is 550 g/mol. The van der Waals surface area contributed by atoms with Gasteiger partial charge in [0, 0.05) is 36.5 Å². The molecule has 1 heterocycles. The van der Waals surface area contributed by atoms with E-state index in [-0.39, 0.29) is 35.8 Å². The fourth-order valence-electron chi connectivity index (χ4n) is 5.53. The van der Waals surface area contributed by atoms with E-state index in [0.29, 0.717) is 30.4 Å². The van der Waals surface area contributed by atoms with Crippen LogP contribution in [-0.4, -0.2) is 42.0 Å². The summed E-state index contributed by atoms with van der Waals surface area (Å²) in [7, 11) is 0. The second-order valence-electron chi connectivity index (χ2n) is 10.00. The summed E-state index contributed by atoms with van der Waals surface area (Å²) in [5, 5.41) is 18.4. The van der Waals surface area contributed by atoms with Gasteiger partial charge in [-0.1, -0.05) is 43.3 Å². The molecule has 1 fully saturated rings. The van der Waals surface area contributed by atoms with Gasteiger partial charge in [-0.2, -0.15) is 5.26 Å². The van der Waals surface area contributed by atoms with Gasteiger partial charge < -0.3 is 21.7 Å². The Kier molecular flexibility index (Phi) is 8.80. The summed E-state index contributed by atoms with van der Waals surface area (Å²) in [6.45, 7) is 2.19. The number of hydrogen-bond donors (Lipinski definition) is 4. The summed E-state index contributed by atoms with van der Waals surface area (Å²) in [4.78, 5) is 39.2. The van der Waals surface area contributed by atoms with Crippen molar-refractivity contribution in [3.05, 3.63) is 82.6 Å². The standard InChI is InChI=1S/C29H32F2N6O3/c1-2-23-24(26(33)38)25(21-9-8-19(30)16-22(21)31)37(28(40)36-23)27(39)35-15-14-34-20-10-12-29(17-32,13-11-20)18-6-4-3-5-7-18/h3-9,16,20,25,34H,2,10-15H2,1H3,(H2,33,38)(H,35,39)(H,36,40). The number of nitrogens with one attached hydrogen (secondary N) is 3. The average molecular weight is 551 g/mol. The van der Waals surface area contributed by atoms with Gasteiger partial charge in [0.15, 0.2) is 0 Å². The van der Waals surface area contributed by atoms with Crippen LogP contribution in [0.15, 0.2) is 59.8 Å². The lowest BCUT2D eigenvalue weighted by Crippen LogP contribution is -2.55. The van der Waals surface area contributed by atoms with Crippen LogP contribution < -0.4 is 21.7 Å². The summed E-state index contributed by atoms with van der Waals surface area (Å²) >= 11 is 0. The number of benzene rings is 2. The summed E-state index contributed by atoms with van der Waals surface area (Å²) in [6, 6.07) is 11.9. The van der Waals surface area contributed by atoms with Crippen molar-refractivity contribution in [3.63, 3.8) is 0 Å². The third-order valence-corrected chi connectivity index (χ3v) is 7.64. The molecule has 1 aliphatic heterocycles. The van der Waals surface area contributed by atoms with Crippen molar-refractivity contribution in [2.45, 2.75) is 56.5 Å². The van der Waals surface area contributed by atoms with Crippen molar-refractivity contribution >= 4 is 18.0 Å². The second-order valence-corrected chi connectivity index (χ2v) is 10.00. The predicted molar refractivity (Wildman–Crippen MR) is 143 cm³/mol. The Morgan fingerprint density at radius 2 is 1.85 bits per heavy atom. The van der Waals surface area contributed by atoms with E-state index in [1.165, 1.54) is 0 Å². The largest absolute Gasteiger partial charge is 0.366 e. The highest BCUT2D eigenvalue weighted by Crippen LogP contribution is 2.39. The lowest BCUT2D eigenvalue weighted by molar-refractivity contribution is -0.115. The molecule has 2 aromatic rings. The average Bonchev–Trinajstić information content (AvgIpc) is 2.95. The van der Waals surface area contributed by atoms with Gasteiger partial charge in [0.05, 0.1) is 17.1 Å². The van der Waals surface area contributed by atoms with Gasteiger partial charge in [-0.15, -0.1) is 0 Å². The van der Waals surface area contributed by atoms with Crippen LogP contribution in [-0.2, 0) is 10.2 Å². The maximum atomic E-state index is 14.8. The highest BCUT2D eigenvalue weighted by molar-refractivity contribution is 6.02. The molecule has 11 heteroatoms. The first kappa shape index (κ1) is 28.7. The number of urea groups is 2. The van der Waals surface area contributed by atoms with Gasteiger partial charge in [0.1, 0.15) is 17.7 Å². The number of nitriles is 1. The third kappa shape index (κ3) is 5.82. The van der Waals surface area contributed by atoms with Crippen molar-refractivity contribution in [1.82, 2.24) is 20.9 Å². The molecule has 9 nitrogen and oxygen atoms in total. The predicted octanol–water partition coefficient (Wildman–Crippen LogP) is 3.88. The van der Waals surface area contributed by atoms with Gasteiger partial charge in [0.25, 0.3) is 0 Å². The summed E-state index contributed by atoms with van der Waals surface area (Å²) in [6.07, 6.45) is 3.17. The number of carbonyl (C=O) groups excluding carboxylic acids is 3. The zero-order valence-corrected chi connectivity index (χ0v) is 22.2. The molecule has 2 aliphatic rings. The molecule has 0 radical (unpaired) electrons. The van der Waals surface area contributed by atoms with Crippen LogP contribution in [0.5, 0.6) is 0 Å². The second kappa shape index (κ2) is 12.3. The van der Waals surface area contributed by atoms with Crippen LogP contribution in [0.25, 0.3) is 0 Å². The molecule has 0 bridgehead atoms. The Balaban J connectivity index is 1.41. The number of imide groups is 1. The Morgan fingerprint density at radius 3 is 2.45 bits per heavy atom. The van der Waals surface area contributed by atoms with E-state index in [9.17, 15) is 28.4 Å². The fraction of sp³-hybridized carbons (Fsp3) is 0.379. The van der Waals surface area contributed by atoms with Crippen LogP contribution in [0.1, 0.15) is 56.2 Å². The minimum atomic E-state index is -1.47. The Bertz CT molecular complexity index is 1350. The van der Waals surface area contributed by atoms with Gasteiger partial charge >= 0.3 is 12.1 Å². The summed E-state index contributed by atoms with van der Waals surface area (Å²) in [5.74, 6) is -2.80. The molecule has 0 aromatic heterocycles. The van der Waals surface area contributed by atoms with E-state index in [2.05, 4.69) is 22.0 Å². The van der Waals surface area contributed by atoms with E-state index in [1.54, 1.807) is 6.92 Å². The number of allylic oxidation sites excluding steroid dienone is 1. The number of hydrogen-bond acceptors (Lipinski definition) is 5. The van der Waals surface area contributed by atoms with Crippen LogP contribution in [0.4, 0.5) is 18.4 Å². The molecule has 1 aliphatic carbocycles. The number of halogens is 2. The smallest absolute Gasteiger partial charge is 0.330 e. The van der Waals surface area contributed by atoms with E-state index in [0.717, 1.165) is 30.5 Å². The zero-order chi connectivity index (χ0) is 28.9. The topological polar surface area (TPSA) is 140 Å². The first-order valence-corrected chi connectivity index (χ1v) is 13.3. The number of carbonyl (C=O) groups is 3. The zero-order valence-electron chi connectivity index (χ0n) is 22.2. The molecule has 210 valence electrons. The molecule has 1 atom stereocenters. The fourth-order valence-corrected chi connectivity index (χ4v) is 5.53. The summed E-state index contributed by atoms with van der Waals surface area (Å²) in [5.41, 5.74) is 5.88. The normalized spacial score (nSPS) is 22.9. The van der Waals surface area contributed by atoms with Crippen molar-refractivity contribution in [1.29, 1.82) is 5.26 Å². The van der Waals surface area contributed by atoms with E-state index in [1.807, 2.05) is 30.3 Å². The minimum Gasteiger partial charge on any atom is -0.366 e. The van der Waals surface area contributed by atoms with E-state index < -0.39 is 41.1 Å². The Morgan fingerprint density at radius 1 is 1.15 bits per heavy atom. The number of rotatable bonds is 8. The highest BCUT2D eigenvalue weighted by atomic mass is 19.1. The maximum absolute atomic E-state index is 14.8. The lowest BCUT2D eigenvalue weighted by Gasteiger charge is -2.37. The number of nitrogens with two attached hydrogens (primary N) is 1. The molecular weight excluding hydrogens is 518 g/mol. The maximum Gasteiger partial charge on any atom is 0.330 e. The van der Waals surface area contributed by atoms with Crippen molar-refractivity contribution in [2.24, 2.45) is 5.73 Å². The minimum absolute atomic E-state index is 0.135. The molecule has 40 heavy (non-hydrogen) atoms. The Hall–Kier alpha value is -4.30. The highest BCUT2D eigenvalue weighted by Gasteiger charge is 2.42. The van der Waals surface area contributed by atoms with Crippen molar-refractivity contribution in [3.8, 4) is 6.07 Å². The van der Waals surface area contributed by atoms with Gasteiger partial charge in [-0.25, -0.2) is 23.3 Å². The molecule has 1 unspecified atom stereocenters. The van der Waals surface area contributed by atoms with Gasteiger partial charge in [-0.05, 0) is 43.7 Å². The quantitative estimate of drug-likeness (QED) is 0.369. The van der Waals surface area contributed by atoms with Gasteiger partial charge in [-0.3, -0.25) is 4.79 Å². The number of nitrogens with zero attached hydrogens (tertiary/aromatic N) is 2. The SMILES string of the molecule is CCC1=C(C(N)=O)C(c2ccc(F)cc2F)N(C(=O)NCCNC2CCC(C#N)(c3ccccc3)CC2)C(=O)N1. The van der Waals surface area contributed by atoms with Crippen molar-refractivity contribution < 1.29 is 23.2 Å². The Labute approximate surface area is 231 Å².